The van der Waals surface area contributed by atoms with Gasteiger partial charge in [-0.2, -0.15) is 0 Å². The van der Waals surface area contributed by atoms with Crippen molar-refractivity contribution in [3.63, 3.8) is 0 Å². The van der Waals surface area contributed by atoms with Crippen LogP contribution in [0.25, 0.3) is 5.76 Å². The summed E-state index contributed by atoms with van der Waals surface area (Å²) >= 11 is 0. The molecule has 0 aliphatic rings. The van der Waals surface area contributed by atoms with Gasteiger partial charge in [0.25, 0.3) is 0 Å². The Labute approximate surface area is 72.6 Å². The Morgan fingerprint density at radius 3 is 2.75 bits per heavy atom. The van der Waals surface area contributed by atoms with Crippen LogP contribution in [-0.2, 0) is 6.42 Å². The summed E-state index contributed by atoms with van der Waals surface area (Å²) in [7, 11) is 0. The van der Waals surface area contributed by atoms with Crippen molar-refractivity contribution in [2.24, 2.45) is 0 Å². The predicted octanol–water partition coefficient (Wildman–Crippen LogP) is 2.56. The summed E-state index contributed by atoms with van der Waals surface area (Å²) < 4.78 is 0. The number of aryl methyl sites for hydroxylation is 1. The van der Waals surface area contributed by atoms with Gasteiger partial charge in [-0.3, -0.25) is 4.98 Å². The van der Waals surface area contributed by atoms with Gasteiger partial charge in [-0.25, -0.2) is 0 Å². The van der Waals surface area contributed by atoms with E-state index in [0.29, 0.717) is 5.56 Å². The number of aromatic nitrogens is 1. The molecule has 1 aromatic heterocycles. The van der Waals surface area contributed by atoms with Gasteiger partial charge in [0, 0.05) is 17.5 Å². The van der Waals surface area contributed by atoms with Crippen molar-refractivity contribution >= 4 is 5.76 Å². The minimum absolute atomic E-state index is 0.0746. The number of rotatable bonds is 3. The molecular formula is C10H13NO. The van der Waals surface area contributed by atoms with Crippen molar-refractivity contribution in [2.75, 3.05) is 0 Å². The standard InChI is InChI=1S/C10H13NO/c1-3-4-10-6-5-9(7-11-10)8(2)12/h5-7,12H,2-4H2,1H3. The molecule has 0 radical (unpaired) electrons. The first-order valence-corrected chi connectivity index (χ1v) is 4.07. The number of nitrogens with zero attached hydrogens (tertiary/aromatic N) is 1. The molecule has 12 heavy (non-hydrogen) atoms. The molecule has 64 valence electrons. The van der Waals surface area contributed by atoms with E-state index in [1.807, 2.05) is 12.1 Å². The van der Waals surface area contributed by atoms with Gasteiger partial charge >= 0.3 is 0 Å². The summed E-state index contributed by atoms with van der Waals surface area (Å²) in [5.74, 6) is 0.0746. The Hall–Kier alpha value is -1.31. The van der Waals surface area contributed by atoms with E-state index >= 15 is 0 Å². The fourth-order valence-corrected chi connectivity index (χ4v) is 0.999. The summed E-state index contributed by atoms with van der Waals surface area (Å²) in [5.41, 5.74) is 1.75. The van der Waals surface area contributed by atoms with E-state index < -0.39 is 0 Å². The molecule has 1 heterocycles. The van der Waals surface area contributed by atoms with E-state index in [1.54, 1.807) is 6.20 Å². The molecule has 2 nitrogen and oxygen atoms in total. The second-order valence-electron chi connectivity index (χ2n) is 2.73. The van der Waals surface area contributed by atoms with Crippen LogP contribution in [0.4, 0.5) is 0 Å². The molecule has 0 fully saturated rings. The first-order chi connectivity index (χ1) is 5.74. The van der Waals surface area contributed by atoms with E-state index in [1.165, 1.54) is 0 Å². The number of aliphatic hydroxyl groups excluding tert-OH is 1. The minimum Gasteiger partial charge on any atom is -0.508 e. The summed E-state index contributed by atoms with van der Waals surface area (Å²) in [6.07, 6.45) is 3.72. The lowest BCUT2D eigenvalue weighted by Gasteiger charge is -1.99. The normalized spacial score (nSPS) is 9.75. The van der Waals surface area contributed by atoms with Gasteiger partial charge in [0.05, 0.1) is 0 Å². The fraction of sp³-hybridized carbons (Fsp3) is 0.300. The summed E-state index contributed by atoms with van der Waals surface area (Å²) in [4.78, 5) is 4.17. The monoisotopic (exact) mass is 163 g/mol. The minimum atomic E-state index is 0.0746. The van der Waals surface area contributed by atoms with E-state index in [2.05, 4.69) is 18.5 Å². The molecule has 0 amide bonds. The molecule has 0 aliphatic heterocycles. The highest BCUT2D eigenvalue weighted by Gasteiger charge is 1.96. The van der Waals surface area contributed by atoms with E-state index in [9.17, 15) is 0 Å². The third-order valence-electron chi connectivity index (χ3n) is 1.66. The van der Waals surface area contributed by atoms with E-state index in [0.717, 1.165) is 18.5 Å². The van der Waals surface area contributed by atoms with Crippen LogP contribution in [-0.4, -0.2) is 10.1 Å². The maximum absolute atomic E-state index is 9.01. The molecule has 0 saturated carbocycles. The molecule has 0 atom stereocenters. The van der Waals surface area contributed by atoms with Crippen LogP contribution in [0.2, 0.25) is 0 Å². The van der Waals surface area contributed by atoms with Gasteiger partial charge in [0.15, 0.2) is 0 Å². The van der Waals surface area contributed by atoms with Crippen LogP contribution in [0.1, 0.15) is 24.6 Å². The smallest absolute Gasteiger partial charge is 0.117 e. The largest absolute Gasteiger partial charge is 0.508 e. The zero-order chi connectivity index (χ0) is 8.97. The Kier molecular flexibility index (Phi) is 2.86. The summed E-state index contributed by atoms with van der Waals surface area (Å²) in [5, 5.41) is 9.01. The van der Waals surface area contributed by atoms with E-state index in [-0.39, 0.29) is 5.76 Å². The van der Waals surface area contributed by atoms with Crippen LogP contribution in [0, 0.1) is 0 Å². The lowest BCUT2D eigenvalue weighted by molar-refractivity contribution is 0.513. The van der Waals surface area contributed by atoms with Crippen LogP contribution >= 0.6 is 0 Å². The van der Waals surface area contributed by atoms with Crippen LogP contribution < -0.4 is 0 Å². The maximum Gasteiger partial charge on any atom is 0.117 e. The van der Waals surface area contributed by atoms with Gasteiger partial charge in [-0.05, 0) is 18.6 Å². The summed E-state index contributed by atoms with van der Waals surface area (Å²) in [6.45, 7) is 5.53. The zero-order valence-electron chi connectivity index (χ0n) is 7.25. The van der Waals surface area contributed by atoms with Crippen molar-refractivity contribution in [3.05, 3.63) is 36.2 Å². The molecule has 2 heteroatoms. The Morgan fingerprint density at radius 1 is 1.58 bits per heavy atom. The average molecular weight is 163 g/mol. The third kappa shape index (κ3) is 2.09. The number of hydrogen-bond acceptors (Lipinski definition) is 2. The van der Waals surface area contributed by atoms with Gasteiger partial charge in [-0.1, -0.05) is 19.9 Å². The molecule has 1 N–H and O–H groups in total. The molecular weight excluding hydrogens is 150 g/mol. The van der Waals surface area contributed by atoms with Crippen molar-refractivity contribution in [1.29, 1.82) is 0 Å². The first kappa shape index (κ1) is 8.78. The highest BCUT2D eigenvalue weighted by atomic mass is 16.3. The Morgan fingerprint density at radius 2 is 2.33 bits per heavy atom. The Balaban J connectivity index is 2.78. The SMILES string of the molecule is C=C(O)c1ccc(CCC)nc1. The first-order valence-electron chi connectivity index (χ1n) is 4.07. The second kappa shape index (κ2) is 3.90. The lowest BCUT2D eigenvalue weighted by atomic mass is 10.2. The molecule has 0 bridgehead atoms. The highest BCUT2D eigenvalue weighted by Crippen LogP contribution is 2.08. The van der Waals surface area contributed by atoms with E-state index in [4.69, 9.17) is 5.11 Å². The fourth-order valence-electron chi connectivity index (χ4n) is 0.999. The number of aliphatic hydroxyl groups is 1. The van der Waals surface area contributed by atoms with Crippen molar-refractivity contribution in [3.8, 4) is 0 Å². The van der Waals surface area contributed by atoms with Gasteiger partial charge in [-0.15, -0.1) is 0 Å². The van der Waals surface area contributed by atoms with Gasteiger partial charge < -0.3 is 5.11 Å². The van der Waals surface area contributed by atoms with Crippen LogP contribution in [0.5, 0.6) is 0 Å². The Bertz CT molecular complexity index is 264. The quantitative estimate of drug-likeness (QED) is 0.695. The average Bonchev–Trinajstić information content (AvgIpc) is 2.06. The molecule has 0 saturated heterocycles. The van der Waals surface area contributed by atoms with Gasteiger partial charge in [0.2, 0.25) is 0 Å². The van der Waals surface area contributed by atoms with Crippen molar-refractivity contribution in [1.82, 2.24) is 4.98 Å². The maximum atomic E-state index is 9.01. The van der Waals surface area contributed by atoms with Gasteiger partial charge in [0.1, 0.15) is 5.76 Å². The van der Waals surface area contributed by atoms with Crippen molar-refractivity contribution < 1.29 is 5.11 Å². The zero-order valence-corrected chi connectivity index (χ0v) is 7.25. The topological polar surface area (TPSA) is 33.1 Å². The highest BCUT2D eigenvalue weighted by molar-refractivity contribution is 5.54. The predicted molar refractivity (Wildman–Crippen MR) is 49.9 cm³/mol. The molecule has 1 rings (SSSR count). The number of hydrogen-bond donors (Lipinski definition) is 1. The summed E-state index contributed by atoms with van der Waals surface area (Å²) in [6, 6.07) is 3.75. The molecule has 0 unspecified atom stereocenters. The third-order valence-corrected chi connectivity index (χ3v) is 1.66. The molecule has 1 aromatic rings. The molecule has 0 spiro atoms. The number of pyridine rings is 1. The molecule has 0 aromatic carbocycles. The second-order valence-corrected chi connectivity index (χ2v) is 2.73. The van der Waals surface area contributed by atoms with Crippen molar-refractivity contribution in [2.45, 2.75) is 19.8 Å². The lowest BCUT2D eigenvalue weighted by Crippen LogP contribution is -1.90. The van der Waals surface area contributed by atoms with Crippen LogP contribution in [0.3, 0.4) is 0 Å². The molecule has 0 aliphatic carbocycles. The van der Waals surface area contributed by atoms with Crippen LogP contribution in [0.15, 0.2) is 24.9 Å².